The van der Waals surface area contributed by atoms with Crippen LogP contribution in [0.4, 0.5) is 5.69 Å². The number of aromatic nitrogens is 2. The van der Waals surface area contributed by atoms with Crippen LogP contribution in [0, 0.1) is 6.92 Å². The molecule has 0 aliphatic carbocycles. The lowest BCUT2D eigenvalue weighted by molar-refractivity contribution is -0.119. The molecule has 154 valence electrons. The van der Waals surface area contributed by atoms with Gasteiger partial charge in [-0.25, -0.2) is 4.98 Å². The fraction of sp³-hybridized carbons (Fsp3) is 0.192. The van der Waals surface area contributed by atoms with Gasteiger partial charge in [0.1, 0.15) is 5.82 Å². The molecule has 0 saturated heterocycles. The Bertz CT molecular complexity index is 1360. The molecule has 3 aromatic carbocycles. The van der Waals surface area contributed by atoms with Gasteiger partial charge in [-0.05, 0) is 49.7 Å². The van der Waals surface area contributed by atoms with Gasteiger partial charge in [0.2, 0.25) is 5.91 Å². The monoisotopic (exact) mass is 409 g/mol. The summed E-state index contributed by atoms with van der Waals surface area (Å²) in [7, 11) is 0. The van der Waals surface area contributed by atoms with E-state index >= 15 is 0 Å². The first-order valence-electron chi connectivity index (χ1n) is 10.6. The van der Waals surface area contributed by atoms with E-state index in [2.05, 4.69) is 0 Å². The Morgan fingerprint density at radius 2 is 1.61 bits per heavy atom. The molecule has 5 rings (SSSR count). The summed E-state index contributed by atoms with van der Waals surface area (Å²) in [5.41, 5.74) is 4.35. The standard InChI is InChI=1S/C26H23N3O2/c1-3-28-23-11-7-5-8-19(23)21(25(28)30)16-24-27-22-10-6-4-9-20(22)26(31)29(24)18-14-12-17(2)13-15-18/h4-15,21H,3,16H2,1-2H3. The number of anilines is 1. The van der Waals surface area contributed by atoms with Crippen molar-refractivity contribution in [1.29, 1.82) is 0 Å². The summed E-state index contributed by atoms with van der Waals surface area (Å²) >= 11 is 0. The van der Waals surface area contributed by atoms with Crippen molar-refractivity contribution in [2.24, 2.45) is 0 Å². The van der Waals surface area contributed by atoms with Crippen LogP contribution in [0.1, 0.15) is 29.8 Å². The molecule has 5 heteroatoms. The average molecular weight is 409 g/mol. The van der Waals surface area contributed by atoms with Gasteiger partial charge < -0.3 is 4.90 Å². The topological polar surface area (TPSA) is 55.2 Å². The molecule has 2 heterocycles. The second-order valence-electron chi connectivity index (χ2n) is 7.92. The van der Waals surface area contributed by atoms with Crippen LogP contribution in [-0.2, 0) is 11.2 Å². The molecule has 0 bridgehead atoms. The molecule has 1 atom stereocenters. The van der Waals surface area contributed by atoms with E-state index in [0.29, 0.717) is 29.7 Å². The number of fused-ring (bicyclic) bond motifs is 2. The average Bonchev–Trinajstić information content (AvgIpc) is 3.06. The van der Waals surface area contributed by atoms with E-state index in [0.717, 1.165) is 22.5 Å². The molecule has 1 amide bonds. The quantitative estimate of drug-likeness (QED) is 0.502. The maximum absolute atomic E-state index is 13.5. The van der Waals surface area contributed by atoms with Crippen molar-refractivity contribution in [3.63, 3.8) is 0 Å². The van der Waals surface area contributed by atoms with Crippen molar-refractivity contribution in [2.75, 3.05) is 11.4 Å². The lowest BCUT2D eigenvalue weighted by atomic mass is 9.96. The van der Waals surface area contributed by atoms with Crippen molar-refractivity contribution >= 4 is 22.5 Å². The number of hydrogen-bond donors (Lipinski definition) is 0. The molecule has 0 saturated carbocycles. The van der Waals surface area contributed by atoms with Gasteiger partial charge >= 0.3 is 0 Å². The number of para-hydroxylation sites is 2. The molecule has 1 aliphatic heterocycles. The molecule has 1 aromatic heterocycles. The summed E-state index contributed by atoms with van der Waals surface area (Å²) in [4.78, 5) is 33.4. The summed E-state index contributed by atoms with van der Waals surface area (Å²) in [6.07, 6.45) is 0.361. The molecule has 31 heavy (non-hydrogen) atoms. The van der Waals surface area contributed by atoms with Crippen LogP contribution < -0.4 is 10.5 Å². The van der Waals surface area contributed by atoms with Crippen molar-refractivity contribution in [1.82, 2.24) is 9.55 Å². The number of amides is 1. The molecule has 0 radical (unpaired) electrons. The molecule has 0 spiro atoms. The third-order valence-corrected chi connectivity index (χ3v) is 6.01. The minimum atomic E-state index is -0.360. The Hall–Kier alpha value is -3.73. The number of carbonyl (C=O) groups is 1. The summed E-state index contributed by atoms with van der Waals surface area (Å²) in [6, 6.07) is 23.1. The molecule has 4 aromatic rings. The highest BCUT2D eigenvalue weighted by Crippen LogP contribution is 2.38. The molecule has 1 unspecified atom stereocenters. The maximum Gasteiger partial charge on any atom is 0.265 e. The van der Waals surface area contributed by atoms with E-state index in [9.17, 15) is 9.59 Å². The van der Waals surface area contributed by atoms with E-state index < -0.39 is 0 Å². The first-order valence-corrected chi connectivity index (χ1v) is 10.6. The van der Waals surface area contributed by atoms with E-state index in [1.807, 2.05) is 85.5 Å². The van der Waals surface area contributed by atoms with Crippen LogP contribution in [0.2, 0.25) is 0 Å². The van der Waals surface area contributed by atoms with Crippen LogP contribution in [0.15, 0.2) is 77.6 Å². The van der Waals surface area contributed by atoms with Gasteiger partial charge in [0.15, 0.2) is 0 Å². The first kappa shape index (κ1) is 19.2. The molecular formula is C26H23N3O2. The summed E-state index contributed by atoms with van der Waals surface area (Å²) in [6.45, 7) is 4.61. The zero-order chi connectivity index (χ0) is 21.5. The molecule has 0 N–H and O–H groups in total. The normalized spacial score (nSPS) is 15.5. The summed E-state index contributed by atoms with van der Waals surface area (Å²) < 4.78 is 1.66. The fourth-order valence-corrected chi connectivity index (χ4v) is 4.45. The number of aryl methyl sites for hydroxylation is 1. The van der Waals surface area contributed by atoms with E-state index in [-0.39, 0.29) is 17.4 Å². The fourth-order valence-electron chi connectivity index (χ4n) is 4.45. The van der Waals surface area contributed by atoms with Gasteiger partial charge in [-0.3, -0.25) is 14.2 Å². The highest BCUT2D eigenvalue weighted by Gasteiger charge is 2.37. The second kappa shape index (κ2) is 7.51. The minimum absolute atomic E-state index is 0.0570. The van der Waals surface area contributed by atoms with E-state index in [1.165, 1.54) is 0 Å². The lowest BCUT2D eigenvalue weighted by Crippen LogP contribution is -2.31. The smallest absolute Gasteiger partial charge is 0.265 e. The van der Waals surface area contributed by atoms with Crippen molar-refractivity contribution in [3.8, 4) is 5.69 Å². The van der Waals surface area contributed by atoms with Crippen molar-refractivity contribution < 1.29 is 4.79 Å². The highest BCUT2D eigenvalue weighted by atomic mass is 16.2. The predicted molar refractivity (Wildman–Crippen MR) is 123 cm³/mol. The van der Waals surface area contributed by atoms with Crippen molar-refractivity contribution in [3.05, 3.63) is 100 Å². The van der Waals surface area contributed by atoms with Crippen LogP contribution in [-0.4, -0.2) is 22.0 Å². The largest absolute Gasteiger partial charge is 0.312 e. The van der Waals surface area contributed by atoms with Gasteiger partial charge in [-0.2, -0.15) is 0 Å². The third-order valence-electron chi connectivity index (χ3n) is 6.01. The Balaban J connectivity index is 1.70. The number of rotatable bonds is 4. The minimum Gasteiger partial charge on any atom is -0.312 e. The number of carbonyl (C=O) groups excluding carboxylic acids is 1. The SMILES string of the molecule is CCN1C(=O)C(Cc2nc3ccccc3c(=O)n2-c2ccc(C)cc2)c2ccccc21. The van der Waals surface area contributed by atoms with Gasteiger partial charge in [0.25, 0.3) is 5.56 Å². The van der Waals surface area contributed by atoms with E-state index in [1.54, 1.807) is 10.6 Å². The second-order valence-corrected chi connectivity index (χ2v) is 7.92. The zero-order valence-electron chi connectivity index (χ0n) is 17.6. The number of hydrogen-bond acceptors (Lipinski definition) is 3. The molecule has 1 aliphatic rings. The highest BCUT2D eigenvalue weighted by molar-refractivity contribution is 6.05. The Morgan fingerprint density at radius 3 is 2.39 bits per heavy atom. The van der Waals surface area contributed by atoms with Crippen LogP contribution in [0.25, 0.3) is 16.6 Å². The number of nitrogens with zero attached hydrogens (tertiary/aromatic N) is 3. The third kappa shape index (κ3) is 3.13. The Morgan fingerprint density at radius 1 is 0.903 bits per heavy atom. The van der Waals surface area contributed by atoms with Gasteiger partial charge in [-0.15, -0.1) is 0 Å². The van der Waals surface area contributed by atoms with Gasteiger partial charge in [-0.1, -0.05) is 48.0 Å². The van der Waals surface area contributed by atoms with Crippen LogP contribution in [0.3, 0.4) is 0 Å². The molecule has 5 nitrogen and oxygen atoms in total. The van der Waals surface area contributed by atoms with Gasteiger partial charge in [0, 0.05) is 18.7 Å². The predicted octanol–water partition coefficient (Wildman–Crippen LogP) is 4.39. The first-order chi connectivity index (χ1) is 15.1. The summed E-state index contributed by atoms with van der Waals surface area (Å²) in [5, 5.41) is 0.570. The zero-order valence-corrected chi connectivity index (χ0v) is 17.6. The Kier molecular flexibility index (Phi) is 4.66. The molecular weight excluding hydrogens is 386 g/mol. The van der Waals surface area contributed by atoms with Crippen LogP contribution >= 0.6 is 0 Å². The molecule has 0 fully saturated rings. The Labute approximate surface area is 180 Å². The maximum atomic E-state index is 13.5. The van der Waals surface area contributed by atoms with Gasteiger partial charge in [0.05, 0.1) is 22.5 Å². The summed E-state index contributed by atoms with van der Waals surface area (Å²) in [5.74, 6) is 0.293. The lowest BCUT2D eigenvalue weighted by Gasteiger charge is -2.17. The number of likely N-dealkylation sites (N-methyl/N-ethyl adjacent to an activating group) is 1. The van der Waals surface area contributed by atoms with Crippen molar-refractivity contribution in [2.45, 2.75) is 26.2 Å². The van der Waals surface area contributed by atoms with E-state index in [4.69, 9.17) is 4.98 Å². The number of benzene rings is 3. The van der Waals surface area contributed by atoms with Crippen LogP contribution in [0.5, 0.6) is 0 Å².